The van der Waals surface area contributed by atoms with E-state index >= 15 is 0 Å². The van der Waals surface area contributed by atoms with E-state index in [1.54, 1.807) is 0 Å². The predicted molar refractivity (Wildman–Crippen MR) is 124 cm³/mol. The number of nitrogens with zero attached hydrogens (tertiary/aromatic N) is 2. The maximum atomic E-state index is 13.0. The topological polar surface area (TPSA) is 83.8 Å². The Kier molecular flexibility index (Phi) is 8.35. The molecule has 7 heteroatoms. The van der Waals surface area contributed by atoms with E-state index in [2.05, 4.69) is 37.4 Å². The molecule has 3 heterocycles. The van der Waals surface area contributed by atoms with Crippen LogP contribution in [0.3, 0.4) is 0 Å². The van der Waals surface area contributed by atoms with Gasteiger partial charge in [-0.15, -0.1) is 0 Å². The van der Waals surface area contributed by atoms with Crippen LogP contribution in [-0.2, 0) is 20.7 Å². The number of H-pyrrole nitrogens is 1. The van der Waals surface area contributed by atoms with Crippen LogP contribution < -0.4 is 10.6 Å². The summed E-state index contributed by atoms with van der Waals surface area (Å²) in [4.78, 5) is 20.5. The van der Waals surface area contributed by atoms with Gasteiger partial charge in [0.25, 0.3) is 0 Å². The van der Waals surface area contributed by atoms with E-state index in [0.29, 0.717) is 39.3 Å². The van der Waals surface area contributed by atoms with Crippen LogP contribution in [0.5, 0.6) is 0 Å². The van der Waals surface area contributed by atoms with Gasteiger partial charge in [-0.2, -0.15) is 0 Å². The standard InChI is InChI=1S/C24H38N4O3/c1-5-18-7-10-28(24(29)19-8-11-30-16-19)15-20(18)13-22(31-12-9-25)27(4)23-21(6-2)17(3)14-26-23/h5,14,19,22,26H,1,6-13,15-16,25H2,2-4H3/t19-,22?/m0/s1. The number of aromatic amines is 1. The molecule has 7 nitrogen and oxygen atoms in total. The van der Waals surface area contributed by atoms with Gasteiger partial charge in [0.15, 0.2) is 0 Å². The summed E-state index contributed by atoms with van der Waals surface area (Å²) in [5.74, 6) is 1.28. The number of rotatable bonds is 10. The maximum absolute atomic E-state index is 13.0. The molecule has 0 saturated carbocycles. The number of hydrogen-bond acceptors (Lipinski definition) is 5. The second kappa shape index (κ2) is 11.0. The summed E-state index contributed by atoms with van der Waals surface area (Å²) in [6.07, 6.45) is 7.10. The number of amides is 1. The molecular weight excluding hydrogens is 392 g/mol. The zero-order valence-electron chi connectivity index (χ0n) is 19.3. The number of carbonyl (C=O) groups is 1. The first-order valence-corrected chi connectivity index (χ1v) is 11.4. The Bertz CT molecular complexity index is 795. The number of allylic oxidation sites excluding steroid dienone is 1. The first kappa shape index (κ1) is 23.6. The SMILES string of the molecule is C=CC1=C(CC(OCCN)N(C)c2[nH]cc(C)c2CC)CN(C(=O)[C@H]2CCOC2)CC1. The van der Waals surface area contributed by atoms with E-state index in [4.69, 9.17) is 15.2 Å². The molecule has 31 heavy (non-hydrogen) atoms. The molecule has 172 valence electrons. The molecule has 0 aliphatic carbocycles. The summed E-state index contributed by atoms with van der Waals surface area (Å²) in [7, 11) is 2.06. The van der Waals surface area contributed by atoms with Gasteiger partial charge in [-0.1, -0.05) is 19.6 Å². The fourth-order valence-electron chi connectivity index (χ4n) is 4.63. The van der Waals surface area contributed by atoms with Crippen LogP contribution in [-0.4, -0.2) is 68.5 Å². The Morgan fingerprint density at radius 3 is 3.00 bits per heavy atom. The Balaban J connectivity index is 1.79. The molecule has 1 saturated heterocycles. The zero-order chi connectivity index (χ0) is 22.4. The van der Waals surface area contributed by atoms with Crippen LogP contribution >= 0.6 is 0 Å². The lowest BCUT2D eigenvalue weighted by Gasteiger charge is -2.36. The first-order valence-electron chi connectivity index (χ1n) is 11.4. The van der Waals surface area contributed by atoms with Gasteiger partial charge in [0.2, 0.25) is 5.91 Å². The highest BCUT2D eigenvalue weighted by Gasteiger charge is 2.32. The Labute approximate surface area is 186 Å². The molecular formula is C24H38N4O3. The van der Waals surface area contributed by atoms with Crippen LogP contribution in [0.4, 0.5) is 5.82 Å². The van der Waals surface area contributed by atoms with Crippen LogP contribution in [0.15, 0.2) is 30.0 Å². The lowest BCUT2D eigenvalue weighted by Crippen LogP contribution is -2.43. The van der Waals surface area contributed by atoms with Crippen molar-refractivity contribution in [1.82, 2.24) is 9.88 Å². The molecule has 0 spiro atoms. The summed E-state index contributed by atoms with van der Waals surface area (Å²) in [5.41, 5.74) is 10.7. The number of aryl methyl sites for hydroxylation is 1. The average molecular weight is 431 g/mol. The van der Waals surface area contributed by atoms with Crippen molar-refractivity contribution in [3.63, 3.8) is 0 Å². The van der Waals surface area contributed by atoms with Gasteiger partial charge in [-0.3, -0.25) is 4.79 Å². The Hall–Kier alpha value is -2.09. The third kappa shape index (κ3) is 5.40. The zero-order valence-corrected chi connectivity index (χ0v) is 19.3. The van der Waals surface area contributed by atoms with Crippen molar-refractivity contribution in [2.24, 2.45) is 11.7 Å². The average Bonchev–Trinajstić information content (AvgIpc) is 3.45. The van der Waals surface area contributed by atoms with Crippen molar-refractivity contribution in [1.29, 1.82) is 0 Å². The summed E-state index contributed by atoms with van der Waals surface area (Å²) < 4.78 is 11.6. The fourth-order valence-corrected chi connectivity index (χ4v) is 4.63. The van der Waals surface area contributed by atoms with Crippen LogP contribution in [0, 0.1) is 12.8 Å². The van der Waals surface area contributed by atoms with Gasteiger partial charge in [0.1, 0.15) is 12.0 Å². The van der Waals surface area contributed by atoms with Gasteiger partial charge in [0, 0.05) is 45.9 Å². The maximum Gasteiger partial charge on any atom is 0.228 e. The minimum atomic E-state index is -0.179. The Morgan fingerprint density at radius 2 is 2.35 bits per heavy atom. The van der Waals surface area contributed by atoms with Crippen molar-refractivity contribution in [3.05, 3.63) is 41.1 Å². The van der Waals surface area contributed by atoms with Crippen molar-refractivity contribution >= 4 is 11.7 Å². The van der Waals surface area contributed by atoms with E-state index in [-0.39, 0.29) is 18.1 Å². The van der Waals surface area contributed by atoms with Crippen LogP contribution in [0.1, 0.15) is 37.3 Å². The number of ether oxygens (including phenoxy) is 2. The van der Waals surface area contributed by atoms with E-state index < -0.39 is 0 Å². The summed E-state index contributed by atoms with van der Waals surface area (Å²) in [5, 5.41) is 0. The second-order valence-corrected chi connectivity index (χ2v) is 8.48. The van der Waals surface area contributed by atoms with Gasteiger partial charge in [-0.05, 0) is 48.5 Å². The normalized spacial score (nSPS) is 20.3. The molecule has 3 rings (SSSR count). The van der Waals surface area contributed by atoms with E-state index in [1.807, 2.05) is 17.2 Å². The molecule has 2 aliphatic heterocycles. The van der Waals surface area contributed by atoms with Crippen molar-refractivity contribution in [2.75, 3.05) is 51.4 Å². The lowest BCUT2D eigenvalue weighted by atomic mass is 9.95. The third-order valence-electron chi connectivity index (χ3n) is 6.50. The number of carbonyl (C=O) groups excluding carboxylic acids is 1. The number of aromatic nitrogens is 1. The van der Waals surface area contributed by atoms with Crippen molar-refractivity contribution < 1.29 is 14.3 Å². The van der Waals surface area contributed by atoms with Gasteiger partial charge < -0.3 is 30.0 Å². The van der Waals surface area contributed by atoms with Gasteiger partial charge in [0.05, 0.1) is 19.1 Å². The number of hydrogen-bond donors (Lipinski definition) is 2. The molecule has 2 aliphatic rings. The molecule has 0 aromatic carbocycles. The predicted octanol–water partition coefficient (Wildman–Crippen LogP) is 2.76. The molecule has 0 radical (unpaired) electrons. The van der Waals surface area contributed by atoms with E-state index in [9.17, 15) is 4.79 Å². The molecule has 1 aromatic heterocycles. The number of nitrogens with two attached hydrogens (primary N) is 1. The first-order chi connectivity index (χ1) is 15.0. The summed E-state index contributed by atoms with van der Waals surface area (Å²) >= 11 is 0. The third-order valence-corrected chi connectivity index (χ3v) is 6.50. The molecule has 1 unspecified atom stereocenters. The minimum Gasteiger partial charge on any atom is -0.381 e. The lowest BCUT2D eigenvalue weighted by molar-refractivity contribution is -0.135. The molecule has 1 fully saturated rings. The largest absolute Gasteiger partial charge is 0.381 e. The smallest absolute Gasteiger partial charge is 0.228 e. The number of anilines is 1. The highest BCUT2D eigenvalue weighted by Crippen LogP contribution is 2.30. The molecule has 0 bridgehead atoms. The summed E-state index contributed by atoms with van der Waals surface area (Å²) in [6, 6.07) is 0. The summed E-state index contributed by atoms with van der Waals surface area (Å²) in [6.45, 7) is 11.8. The molecule has 1 amide bonds. The second-order valence-electron chi connectivity index (χ2n) is 8.48. The van der Waals surface area contributed by atoms with Crippen molar-refractivity contribution in [2.45, 2.75) is 45.8 Å². The van der Waals surface area contributed by atoms with Crippen molar-refractivity contribution in [3.8, 4) is 0 Å². The van der Waals surface area contributed by atoms with Crippen LogP contribution in [0.2, 0.25) is 0 Å². The monoisotopic (exact) mass is 430 g/mol. The molecule has 3 N–H and O–H groups in total. The Morgan fingerprint density at radius 1 is 1.55 bits per heavy atom. The fraction of sp³-hybridized carbons (Fsp3) is 0.625. The quantitative estimate of drug-likeness (QED) is 0.558. The van der Waals surface area contributed by atoms with Crippen LogP contribution in [0.25, 0.3) is 0 Å². The van der Waals surface area contributed by atoms with Gasteiger partial charge in [-0.25, -0.2) is 0 Å². The highest BCUT2D eigenvalue weighted by molar-refractivity contribution is 5.79. The minimum absolute atomic E-state index is 0.00695. The molecule has 2 atom stereocenters. The van der Waals surface area contributed by atoms with E-state index in [1.165, 1.54) is 22.3 Å². The van der Waals surface area contributed by atoms with E-state index in [0.717, 1.165) is 31.6 Å². The molecule has 1 aromatic rings. The van der Waals surface area contributed by atoms with Gasteiger partial charge >= 0.3 is 0 Å². The number of nitrogens with one attached hydrogen (secondary N) is 1. The highest BCUT2D eigenvalue weighted by atomic mass is 16.5.